The maximum absolute atomic E-state index is 12.0. The van der Waals surface area contributed by atoms with Crippen molar-refractivity contribution in [3.05, 3.63) is 41.7 Å². The largest absolute Gasteiger partial charge is 0.369 e. The molecule has 0 spiro atoms. The van der Waals surface area contributed by atoms with Crippen molar-refractivity contribution in [2.24, 2.45) is 7.05 Å². The van der Waals surface area contributed by atoms with Gasteiger partial charge in [0.25, 0.3) is 0 Å². The fourth-order valence-electron chi connectivity index (χ4n) is 2.62. The normalized spacial score (nSPS) is 17.5. The van der Waals surface area contributed by atoms with Gasteiger partial charge in [-0.15, -0.1) is 0 Å². The third-order valence-electron chi connectivity index (χ3n) is 3.66. The second-order valence-corrected chi connectivity index (χ2v) is 5.85. The van der Waals surface area contributed by atoms with Gasteiger partial charge in [-0.3, -0.25) is 4.68 Å². The molecule has 0 saturated carbocycles. The lowest BCUT2D eigenvalue weighted by Gasteiger charge is -2.19. The van der Waals surface area contributed by atoms with Gasteiger partial charge < -0.3 is 15.5 Å². The number of amides is 2. The Balaban J connectivity index is 1.53. The predicted octanol–water partition coefficient (Wildman–Crippen LogP) is 2.47. The van der Waals surface area contributed by atoms with E-state index in [-0.39, 0.29) is 12.1 Å². The number of carbonyl (C=O) groups is 1. The molecule has 0 unspecified atom stereocenters. The van der Waals surface area contributed by atoms with Crippen molar-refractivity contribution in [2.45, 2.75) is 12.5 Å². The molecule has 7 heteroatoms. The number of aryl methyl sites for hydroxylation is 1. The zero-order valence-electron chi connectivity index (χ0n) is 12.3. The zero-order chi connectivity index (χ0) is 15.5. The number of nitrogens with zero attached hydrogens (tertiary/aromatic N) is 3. The van der Waals surface area contributed by atoms with Crippen molar-refractivity contribution in [3.8, 4) is 0 Å². The number of aromatic nitrogens is 2. The molecule has 0 aliphatic carbocycles. The van der Waals surface area contributed by atoms with Gasteiger partial charge in [0.1, 0.15) is 0 Å². The highest BCUT2D eigenvalue weighted by molar-refractivity contribution is 6.30. The van der Waals surface area contributed by atoms with Crippen LogP contribution in [0.2, 0.25) is 5.02 Å². The summed E-state index contributed by atoms with van der Waals surface area (Å²) in [4.78, 5) is 14.2. The summed E-state index contributed by atoms with van der Waals surface area (Å²) in [5.74, 6) is 0. The lowest BCUT2D eigenvalue weighted by atomic mass is 10.3. The molecular weight excluding hydrogens is 302 g/mol. The first kappa shape index (κ1) is 14.7. The van der Waals surface area contributed by atoms with Gasteiger partial charge in [-0.05, 0) is 24.6 Å². The molecule has 1 aromatic carbocycles. The van der Waals surface area contributed by atoms with E-state index in [1.54, 1.807) is 17.1 Å². The number of rotatable bonds is 3. The molecule has 1 aliphatic rings. The third-order valence-corrected chi connectivity index (χ3v) is 3.89. The molecule has 1 saturated heterocycles. The Morgan fingerprint density at radius 2 is 2.32 bits per heavy atom. The minimum absolute atomic E-state index is 0.121. The summed E-state index contributed by atoms with van der Waals surface area (Å²) in [7, 11) is 1.81. The first-order valence-corrected chi connectivity index (χ1v) is 7.54. The number of benzene rings is 1. The molecule has 1 atom stereocenters. The second kappa shape index (κ2) is 6.27. The van der Waals surface area contributed by atoms with Gasteiger partial charge in [0, 0.05) is 43.1 Å². The molecule has 1 fully saturated rings. The fourth-order valence-corrected chi connectivity index (χ4v) is 2.81. The van der Waals surface area contributed by atoms with E-state index in [1.165, 1.54) is 0 Å². The molecule has 116 valence electrons. The van der Waals surface area contributed by atoms with E-state index in [1.807, 2.05) is 31.3 Å². The van der Waals surface area contributed by atoms with Gasteiger partial charge in [0.05, 0.1) is 11.9 Å². The molecule has 2 heterocycles. The van der Waals surface area contributed by atoms with E-state index in [0.29, 0.717) is 5.69 Å². The Bertz CT molecular complexity index is 671. The van der Waals surface area contributed by atoms with Crippen LogP contribution in [-0.2, 0) is 7.05 Å². The van der Waals surface area contributed by atoms with Crippen LogP contribution >= 0.6 is 11.6 Å². The summed E-state index contributed by atoms with van der Waals surface area (Å²) < 4.78 is 1.64. The summed E-state index contributed by atoms with van der Waals surface area (Å²) in [6.07, 6.45) is 4.28. The summed E-state index contributed by atoms with van der Waals surface area (Å²) >= 11 is 6.02. The monoisotopic (exact) mass is 319 g/mol. The number of urea groups is 1. The van der Waals surface area contributed by atoms with E-state index in [2.05, 4.69) is 20.6 Å². The van der Waals surface area contributed by atoms with Crippen LogP contribution in [-0.4, -0.2) is 34.9 Å². The first-order valence-electron chi connectivity index (χ1n) is 7.17. The fraction of sp³-hybridized carbons (Fsp3) is 0.333. The number of anilines is 2. The van der Waals surface area contributed by atoms with Gasteiger partial charge in [0.2, 0.25) is 0 Å². The molecule has 0 bridgehead atoms. The number of hydrogen-bond donors (Lipinski definition) is 2. The first-order chi connectivity index (χ1) is 10.6. The van der Waals surface area contributed by atoms with Crippen LogP contribution in [0.25, 0.3) is 0 Å². The highest BCUT2D eigenvalue weighted by Crippen LogP contribution is 2.23. The zero-order valence-corrected chi connectivity index (χ0v) is 13.0. The summed E-state index contributed by atoms with van der Waals surface area (Å²) in [5, 5.41) is 10.5. The molecule has 6 nitrogen and oxygen atoms in total. The van der Waals surface area contributed by atoms with E-state index in [0.717, 1.165) is 30.2 Å². The van der Waals surface area contributed by atoms with Crippen molar-refractivity contribution >= 4 is 29.0 Å². The van der Waals surface area contributed by atoms with Crippen LogP contribution < -0.4 is 15.5 Å². The predicted molar refractivity (Wildman–Crippen MR) is 87.4 cm³/mol. The van der Waals surface area contributed by atoms with Gasteiger partial charge in [0.15, 0.2) is 0 Å². The number of nitrogens with one attached hydrogen (secondary N) is 2. The molecule has 2 N–H and O–H groups in total. The Hall–Kier alpha value is -2.21. The summed E-state index contributed by atoms with van der Waals surface area (Å²) in [6.45, 7) is 1.68. The van der Waals surface area contributed by atoms with Crippen LogP contribution in [0.1, 0.15) is 6.42 Å². The Kier molecular flexibility index (Phi) is 4.20. The molecule has 2 amide bonds. The van der Waals surface area contributed by atoms with Crippen molar-refractivity contribution in [1.29, 1.82) is 0 Å². The van der Waals surface area contributed by atoms with Crippen LogP contribution in [0.15, 0.2) is 36.7 Å². The van der Waals surface area contributed by atoms with Crippen LogP contribution in [0, 0.1) is 0 Å². The van der Waals surface area contributed by atoms with Crippen LogP contribution in [0.5, 0.6) is 0 Å². The molecule has 2 aromatic rings. The van der Waals surface area contributed by atoms with Crippen molar-refractivity contribution in [2.75, 3.05) is 23.3 Å². The number of halogens is 1. The standard InChI is InChI=1S/C15H18ClN5O/c1-20-9-13(8-17-20)19-15(22)18-12-5-6-21(10-12)14-4-2-3-11(16)7-14/h2-4,7-9,12H,5-6,10H2,1H3,(H2,18,19,22)/t12-/m1/s1. The van der Waals surface area contributed by atoms with Crippen molar-refractivity contribution in [3.63, 3.8) is 0 Å². The minimum atomic E-state index is -0.203. The Morgan fingerprint density at radius 3 is 3.05 bits per heavy atom. The maximum atomic E-state index is 12.0. The van der Waals surface area contributed by atoms with Gasteiger partial charge >= 0.3 is 6.03 Å². The van der Waals surface area contributed by atoms with Crippen LogP contribution in [0.4, 0.5) is 16.2 Å². The smallest absolute Gasteiger partial charge is 0.319 e. The molecule has 1 aliphatic heterocycles. The number of carbonyl (C=O) groups excluding carboxylic acids is 1. The lowest BCUT2D eigenvalue weighted by Crippen LogP contribution is -2.39. The van der Waals surface area contributed by atoms with E-state index >= 15 is 0 Å². The van der Waals surface area contributed by atoms with Gasteiger partial charge in [-0.25, -0.2) is 4.79 Å². The SMILES string of the molecule is Cn1cc(NC(=O)N[C@@H]2CCN(c3cccc(Cl)c3)C2)cn1. The third kappa shape index (κ3) is 3.51. The highest BCUT2D eigenvalue weighted by atomic mass is 35.5. The van der Waals surface area contributed by atoms with Crippen LogP contribution in [0.3, 0.4) is 0 Å². The van der Waals surface area contributed by atoms with Crippen molar-refractivity contribution < 1.29 is 4.79 Å². The average Bonchev–Trinajstić information content (AvgIpc) is 3.08. The lowest BCUT2D eigenvalue weighted by molar-refractivity contribution is 0.249. The van der Waals surface area contributed by atoms with Gasteiger partial charge in [-0.1, -0.05) is 17.7 Å². The molecule has 3 rings (SSSR count). The van der Waals surface area contributed by atoms with E-state index in [9.17, 15) is 4.79 Å². The van der Waals surface area contributed by atoms with E-state index in [4.69, 9.17) is 11.6 Å². The quantitative estimate of drug-likeness (QED) is 0.913. The summed E-state index contributed by atoms with van der Waals surface area (Å²) in [6, 6.07) is 7.69. The Morgan fingerprint density at radius 1 is 1.45 bits per heavy atom. The van der Waals surface area contributed by atoms with Crippen molar-refractivity contribution in [1.82, 2.24) is 15.1 Å². The minimum Gasteiger partial charge on any atom is -0.369 e. The van der Waals surface area contributed by atoms with Gasteiger partial charge in [-0.2, -0.15) is 5.10 Å². The second-order valence-electron chi connectivity index (χ2n) is 5.41. The average molecular weight is 320 g/mol. The van der Waals surface area contributed by atoms with E-state index < -0.39 is 0 Å². The summed E-state index contributed by atoms with van der Waals surface area (Å²) in [5.41, 5.74) is 1.77. The molecule has 0 radical (unpaired) electrons. The molecule has 22 heavy (non-hydrogen) atoms. The molecule has 1 aromatic heterocycles. The molecular formula is C15H18ClN5O. The maximum Gasteiger partial charge on any atom is 0.319 e. The number of hydrogen-bond acceptors (Lipinski definition) is 3. The topological polar surface area (TPSA) is 62.2 Å². The highest BCUT2D eigenvalue weighted by Gasteiger charge is 2.24. The Labute approximate surface area is 134 Å².